The standard InChI is InChI=1S/C24H31N3O4/c1-7-18(12-14-24(4,5)27-15-10-9-11-20(27)28)26-16-13-19(17(3)22(26)29)21(25-6)23(30)31-8-2/h7,9-12,14-15H,8,13,16H2,1-6H3/b14-12-,18-7+,25-21?. The lowest BCUT2D eigenvalue weighted by Crippen LogP contribution is -2.38. The molecule has 0 saturated heterocycles. The highest BCUT2D eigenvalue weighted by atomic mass is 16.5. The molecule has 1 aromatic rings. The average molecular weight is 426 g/mol. The number of hydrogen-bond acceptors (Lipinski definition) is 5. The van der Waals surface area contributed by atoms with Gasteiger partial charge in [-0.05, 0) is 58.8 Å². The van der Waals surface area contributed by atoms with Gasteiger partial charge in [0.25, 0.3) is 11.5 Å². The topological polar surface area (TPSA) is 81.0 Å². The number of hydrogen-bond donors (Lipinski definition) is 0. The van der Waals surface area contributed by atoms with Crippen molar-refractivity contribution in [2.45, 2.75) is 46.6 Å². The summed E-state index contributed by atoms with van der Waals surface area (Å²) in [4.78, 5) is 43.3. The highest BCUT2D eigenvalue weighted by molar-refractivity contribution is 6.44. The molecule has 31 heavy (non-hydrogen) atoms. The van der Waals surface area contributed by atoms with Crippen molar-refractivity contribution in [1.82, 2.24) is 9.47 Å². The van der Waals surface area contributed by atoms with Crippen molar-refractivity contribution in [3.63, 3.8) is 0 Å². The van der Waals surface area contributed by atoms with Crippen LogP contribution < -0.4 is 5.56 Å². The molecule has 0 N–H and O–H groups in total. The number of carbonyl (C=O) groups excluding carboxylic acids is 2. The molecule has 1 aliphatic heterocycles. The Morgan fingerprint density at radius 3 is 2.58 bits per heavy atom. The molecule has 1 aromatic heterocycles. The summed E-state index contributed by atoms with van der Waals surface area (Å²) in [5.41, 5.74) is 1.36. The molecule has 0 bridgehead atoms. The molecule has 0 atom stereocenters. The summed E-state index contributed by atoms with van der Waals surface area (Å²) in [6.07, 6.45) is 7.86. The molecular formula is C24H31N3O4. The number of carbonyl (C=O) groups is 2. The number of pyridine rings is 1. The van der Waals surface area contributed by atoms with Crippen molar-refractivity contribution in [1.29, 1.82) is 0 Å². The van der Waals surface area contributed by atoms with Gasteiger partial charge < -0.3 is 14.2 Å². The second-order valence-electron chi connectivity index (χ2n) is 7.71. The van der Waals surface area contributed by atoms with E-state index in [1.54, 1.807) is 35.6 Å². The van der Waals surface area contributed by atoms with Crippen molar-refractivity contribution >= 4 is 17.6 Å². The van der Waals surface area contributed by atoms with Crippen LogP contribution in [0.4, 0.5) is 0 Å². The third-order valence-corrected chi connectivity index (χ3v) is 5.30. The number of amides is 1. The maximum absolute atomic E-state index is 13.1. The molecule has 166 valence electrons. The Hall–Kier alpha value is -3.22. The Labute approximate surface area is 183 Å². The van der Waals surface area contributed by atoms with Crippen LogP contribution in [-0.2, 0) is 19.9 Å². The molecule has 0 aliphatic carbocycles. The van der Waals surface area contributed by atoms with E-state index >= 15 is 0 Å². The van der Waals surface area contributed by atoms with Crippen LogP contribution in [-0.4, -0.2) is 47.3 Å². The highest BCUT2D eigenvalue weighted by Gasteiger charge is 2.30. The molecule has 0 spiro atoms. The van der Waals surface area contributed by atoms with Gasteiger partial charge in [-0.2, -0.15) is 0 Å². The Bertz CT molecular complexity index is 1030. The Morgan fingerprint density at radius 1 is 1.29 bits per heavy atom. The van der Waals surface area contributed by atoms with Crippen molar-refractivity contribution < 1.29 is 14.3 Å². The first-order valence-corrected chi connectivity index (χ1v) is 10.4. The number of ether oxygens (including phenoxy) is 1. The second kappa shape index (κ2) is 10.2. The minimum atomic E-state index is -0.576. The lowest BCUT2D eigenvalue weighted by molar-refractivity contribution is -0.135. The van der Waals surface area contributed by atoms with Crippen molar-refractivity contribution in [3.8, 4) is 0 Å². The van der Waals surface area contributed by atoms with Crippen LogP contribution in [0.3, 0.4) is 0 Å². The molecule has 2 rings (SSSR count). The molecule has 7 nitrogen and oxygen atoms in total. The summed E-state index contributed by atoms with van der Waals surface area (Å²) in [5.74, 6) is -0.694. The summed E-state index contributed by atoms with van der Waals surface area (Å²) >= 11 is 0. The van der Waals surface area contributed by atoms with E-state index in [1.807, 2.05) is 45.1 Å². The quantitative estimate of drug-likeness (QED) is 0.382. The number of rotatable bonds is 7. The van der Waals surface area contributed by atoms with Gasteiger partial charge in [-0.15, -0.1) is 0 Å². The van der Waals surface area contributed by atoms with Crippen LogP contribution in [0.15, 0.2) is 69.3 Å². The van der Waals surface area contributed by atoms with Crippen molar-refractivity contribution in [3.05, 3.63) is 69.8 Å². The molecular weight excluding hydrogens is 394 g/mol. The predicted octanol–water partition coefficient (Wildman–Crippen LogP) is 3.23. The van der Waals surface area contributed by atoms with E-state index in [1.165, 1.54) is 13.1 Å². The first kappa shape index (κ1) is 24.1. The van der Waals surface area contributed by atoms with E-state index in [0.717, 1.165) is 5.70 Å². The maximum atomic E-state index is 13.1. The Kier molecular flexibility index (Phi) is 7.91. The number of esters is 1. The molecule has 7 heteroatoms. The summed E-state index contributed by atoms with van der Waals surface area (Å²) < 4.78 is 6.72. The number of nitrogens with zero attached hydrogens (tertiary/aromatic N) is 3. The van der Waals surface area contributed by atoms with E-state index < -0.39 is 11.5 Å². The molecule has 1 amide bonds. The number of allylic oxidation sites excluding steroid dienone is 3. The van der Waals surface area contributed by atoms with Gasteiger partial charge in [-0.3, -0.25) is 14.6 Å². The molecule has 0 fully saturated rings. The fraction of sp³-hybridized carbons (Fsp3) is 0.417. The smallest absolute Gasteiger partial charge is 0.356 e. The van der Waals surface area contributed by atoms with Gasteiger partial charge in [0.2, 0.25) is 0 Å². The summed E-state index contributed by atoms with van der Waals surface area (Å²) in [6, 6.07) is 5.04. The van der Waals surface area contributed by atoms with E-state index in [2.05, 4.69) is 4.99 Å². The fourth-order valence-electron chi connectivity index (χ4n) is 3.55. The number of aliphatic imine (C=N–C) groups is 1. The number of aromatic nitrogens is 1. The predicted molar refractivity (Wildman–Crippen MR) is 122 cm³/mol. The van der Waals surface area contributed by atoms with E-state index in [-0.39, 0.29) is 23.8 Å². The van der Waals surface area contributed by atoms with Gasteiger partial charge >= 0.3 is 5.97 Å². The molecule has 0 radical (unpaired) electrons. The minimum absolute atomic E-state index is 0.0954. The monoisotopic (exact) mass is 425 g/mol. The van der Waals surface area contributed by atoms with Gasteiger partial charge in [0.1, 0.15) is 5.71 Å². The van der Waals surface area contributed by atoms with E-state index in [9.17, 15) is 14.4 Å². The normalized spacial score (nSPS) is 16.3. The fourth-order valence-corrected chi connectivity index (χ4v) is 3.55. The van der Waals surface area contributed by atoms with Gasteiger partial charge in [0.05, 0.1) is 12.1 Å². The van der Waals surface area contributed by atoms with Crippen LogP contribution in [0.25, 0.3) is 0 Å². The zero-order valence-corrected chi connectivity index (χ0v) is 19.1. The van der Waals surface area contributed by atoms with E-state index in [4.69, 9.17) is 4.74 Å². The lowest BCUT2D eigenvalue weighted by Gasteiger charge is -2.31. The van der Waals surface area contributed by atoms with Crippen molar-refractivity contribution in [2.75, 3.05) is 20.2 Å². The summed E-state index contributed by atoms with van der Waals surface area (Å²) in [6.45, 7) is 9.83. The van der Waals surface area contributed by atoms with Crippen molar-refractivity contribution in [2.24, 2.45) is 4.99 Å². The lowest BCUT2D eigenvalue weighted by atomic mass is 9.95. The molecule has 0 saturated carbocycles. The maximum Gasteiger partial charge on any atom is 0.356 e. The van der Waals surface area contributed by atoms with Gasteiger partial charge in [0, 0.05) is 37.1 Å². The van der Waals surface area contributed by atoms with Gasteiger partial charge in [-0.1, -0.05) is 18.2 Å². The zero-order chi connectivity index (χ0) is 23.2. The second-order valence-corrected chi connectivity index (χ2v) is 7.71. The summed E-state index contributed by atoms with van der Waals surface area (Å²) in [7, 11) is 1.52. The first-order valence-electron chi connectivity index (χ1n) is 10.4. The molecule has 0 unspecified atom stereocenters. The largest absolute Gasteiger partial charge is 0.461 e. The van der Waals surface area contributed by atoms with Crippen LogP contribution in [0.2, 0.25) is 0 Å². The average Bonchev–Trinajstić information content (AvgIpc) is 2.73. The third kappa shape index (κ3) is 5.29. The summed E-state index contributed by atoms with van der Waals surface area (Å²) in [5, 5.41) is 0. The van der Waals surface area contributed by atoms with Gasteiger partial charge in [-0.25, -0.2) is 4.79 Å². The highest BCUT2D eigenvalue weighted by Crippen LogP contribution is 2.25. The van der Waals surface area contributed by atoms with Crippen LogP contribution >= 0.6 is 0 Å². The Balaban J connectivity index is 2.31. The third-order valence-electron chi connectivity index (χ3n) is 5.30. The Morgan fingerprint density at radius 2 is 2.00 bits per heavy atom. The van der Waals surface area contributed by atoms with E-state index in [0.29, 0.717) is 24.1 Å². The van der Waals surface area contributed by atoms with Gasteiger partial charge in [0.15, 0.2) is 0 Å². The molecule has 0 aromatic carbocycles. The molecule has 1 aliphatic rings. The van der Waals surface area contributed by atoms with Crippen LogP contribution in [0, 0.1) is 0 Å². The zero-order valence-electron chi connectivity index (χ0n) is 19.1. The van der Waals surface area contributed by atoms with Crippen LogP contribution in [0.5, 0.6) is 0 Å². The first-order chi connectivity index (χ1) is 14.7. The molecule has 2 heterocycles. The van der Waals surface area contributed by atoms with Crippen LogP contribution in [0.1, 0.15) is 41.0 Å². The SMILES string of the molecule is C/C=C(\C=C/C(C)(C)n1ccccc1=O)N1CCC(C(=NC)C(=O)OCC)=C(C)C1=O. The minimum Gasteiger partial charge on any atom is -0.461 e.